The van der Waals surface area contributed by atoms with Gasteiger partial charge in [-0.2, -0.15) is 5.10 Å². The van der Waals surface area contributed by atoms with E-state index >= 15 is 0 Å². The summed E-state index contributed by atoms with van der Waals surface area (Å²) in [7, 11) is 0. The molecule has 0 spiro atoms. The highest BCUT2D eigenvalue weighted by Gasteiger charge is 2.19. The molecule has 1 aliphatic heterocycles. The smallest absolute Gasteiger partial charge is 0.221 e. The molecule has 23 heavy (non-hydrogen) atoms. The van der Waals surface area contributed by atoms with Gasteiger partial charge in [-0.25, -0.2) is 0 Å². The third kappa shape index (κ3) is 4.78. The SMILES string of the molecule is CCc1c(C)nn(CCNC(=O)C[C@@H](C)N2CCOCC2)c1C. The van der Waals surface area contributed by atoms with Crippen molar-refractivity contribution in [3.8, 4) is 0 Å². The lowest BCUT2D eigenvalue weighted by Gasteiger charge is -2.31. The number of aromatic nitrogens is 2. The number of amides is 1. The van der Waals surface area contributed by atoms with Crippen LogP contribution in [0.1, 0.15) is 37.2 Å². The summed E-state index contributed by atoms with van der Waals surface area (Å²) in [6.07, 6.45) is 1.54. The molecule has 0 bridgehead atoms. The number of ether oxygens (including phenoxy) is 1. The van der Waals surface area contributed by atoms with E-state index in [-0.39, 0.29) is 11.9 Å². The largest absolute Gasteiger partial charge is 0.379 e. The average Bonchev–Trinajstić information content (AvgIpc) is 2.81. The standard InChI is InChI=1S/C17H30N4O2/c1-5-16-14(3)19-21(15(16)4)7-6-18-17(22)12-13(2)20-8-10-23-11-9-20/h13H,5-12H2,1-4H3,(H,18,22)/t13-/m1/s1. The van der Waals surface area contributed by atoms with E-state index in [1.54, 1.807) is 0 Å². The Labute approximate surface area is 139 Å². The van der Waals surface area contributed by atoms with Gasteiger partial charge in [0.25, 0.3) is 0 Å². The van der Waals surface area contributed by atoms with E-state index in [2.05, 4.69) is 36.1 Å². The molecule has 130 valence electrons. The molecule has 1 aliphatic rings. The van der Waals surface area contributed by atoms with Crippen LogP contribution in [0.5, 0.6) is 0 Å². The number of nitrogens with zero attached hydrogens (tertiary/aromatic N) is 3. The van der Waals surface area contributed by atoms with Crippen LogP contribution in [0.4, 0.5) is 0 Å². The van der Waals surface area contributed by atoms with Gasteiger partial charge in [0.2, 0.25) is 5.91 Å². The van der Waals surface area contributed by atoms with Crippen molar-refractivity contribution in [1.82, 2.24) is 20.0 Å². The zero-order valence-corrected chi connectivity index (χ0v) is 14.9. The quantitative estimate of drug-likeness (QED) is 0.822. The highest BCUT2D eigenvalue weighted by atomic mass is 16.5. The van der Waals surface area contributed by atoms with E-state index in [0.717, 1.165) is 45.0 Å². The van der Waals surface area contributed by atoms with Gasteiger partial charge in [0, 0.05) is 37.8 Å². The predicted octanol–water partition coefficient (Wildman–Crippen LogP) is 1.29. The predicted molar refractivity (Wildman–Crippen MR) is 90.6 cm³/mol. The van der Waals surface area contributed by atoms with Gasteiger partial charge in [-0.15, -0.1) is 0 Å². The van der Waals surface area contributed by atoms with Gasteiger partial charge in [-0.1, -0.05) is 6.92 Å². The Morgan fingerprint density at radius 3 is 2.65 bits per heavy atom. The van der Waals surface area contributed by atoms with Crippen LogP contribution in [0, 0.1) is 13.8 Å². The Hall–Kier alpha value is -1.40. The summed E-state index contributed by atoms with van der Waals surface area (Å²) in [6.45, 7) is 13.1. The number of carbonyl (C=O) groups is 1. The molecule has 0 aliphatic carbocycles. The zero-order valence-electron chi connectivity index (χ0n) is 14.9. The van der Waals surface area contributed by atoms with Gasteiger partial charge in [0.15, 0.2) is 0 Å². The maximum Gasteiger partial charge on any atom is 0.221 e. The number of morpholine rings is 1. The average molecular weight is 322 g/mol. The van der Waals surface area contributed by atoms with E-state index in [1.165, 1.54) is 11.3 Å². The monoisotopic (exact) mass is 322 g/mol. The fraction of sp³-hybridized carbons (Fsp3) is 0.765. The molecule has 1 aromatic rings. The number of hydrogen-bond acceptors (Lipinski definition) is 4. The Kier molecular flexibility index (Phi) is 6.59. The molecule has 1 saturated heterocycles. The molecule has 1 aromatic heterocycles. The van der Waals surface area contributed by atoms with E-state index in [9.17, 15) is 4.79 Å². The summed E-state index contributed by atoms with van der Waals surface area (Å²) < 4.78 is 7.35. The Balaban J connectivity index is 1.74. The fourth-order valence-corrected chi connectivity index (χ4v) is 3.25. The molecule has 0 aromatic carbocycles. The Bertz CT molecular complexity index is 521. The van der Waals surface area contributed by atoms with E-state index in [4.69, 9.17) is 4.74 Å². The number of hydrogen-bond donors (Lipinski definition) is 1. The fourth-order valence-electron chi connectivity index (χ4n) is 3.25. The summed E-state index contributed by atoms with van der Waals surface area (Å²) in [5.74, 6) is 0.112. The molecule has 6 nitrogen and oxygen atoms in total. The van der Waals surface area contributed by atoms with Gasteiger partial charge < -0.3 is 10.1 Å². The molecule has 6 heteroatoms. The van der Waals surface area contributed by atoms with Crippen molar-refractivity contribution in [3.05, 3.63) is 17.0 Å². The molecule has 0 radical (unpaired) electrons. The normalized spacial score (nSPS) is 17.2. The van der Waals surface area contributed by atoms with Gasteiger partial charge in [-0.3, -0.25) is 14.4 Å². The number of aryl methyl sites for hydroxylation is 1. The van der Waals surface area contributed by atoms with Crippen LogP contribution in [0.15, 0.2) is 0 Å². The van der Waals surface area contributed by atoms with Crippen molar-refractivity contribution < 1.29 is 9.53 Å². The minimum atomic E-state index is 0.112. The molecule has 1 atom stereocenters. The van der Waals surface area contributed by atoms with Crippen molar-refractivity contribution in [3.63, 3.8) is 0 Å². The maximum atomic E-state index is 12.1. The third-order valence-corrected chi connectivity index (χ3v) is 4.68. The zero-order chi connectivity index (χ0) is 16.8. The molecule has 2 heterocycles. The summed E-state index contributed by atoms with van der Waals surface area (Å²) in [4.78, 5) is 14.4. The van der Waals surface area contributed by atoms with Crippen LogP contribution in [0.25, 0.3) is 0 Å². The highest BCUT2D eigenvalue weighted by molar-refractivity contribution is 5.76. The molecular weight excluding hydrogens is 292 g/mol. The van der Waals surface area contributed by atoms with Crippen molar-refractivity contribution in [2.45, 2.75) is 53.1 Å². The summed E-state index contributed by atoms with van der Waals surface area (Å²) in [5.41, 5.74) is 3.62. The summed E-state index contributed by atoms with van der Waals surface area (Å²) >= 11 is 0. The first-order valence-electron chi connectivity index (χ1n) is 8.64. The number of carbonyl (C=O) groups excluding carboxylic acids is 1. The van der Waals surface area contributed by atoms with Crippen molar-refractivity contribution in [1.29, 1.82) is 0 Å². The first-order chi connectivity index (χ1) is 11.0. The van der Waals surface area contributed by atoms with Gasteiger partial charge in [-0.05, 0) is 32.8 Å². The van der Waals surface area contributed by atoms with Crippen LogP contribution < -0.4 is 5.32 Å². The number of rotatable bonds is 7. The third-order valence-electron chi connectivity index (χ3n) is 4.68. The van der Waals surface area contributed by atoms with E-state index in [0.29, 0.717) is 13.0 Å². The molecule has 1 amide bonds. The lowest BCUT2D eigenvalue weighted by atomic mass is 10.1. The van der Waals surface area contributed by atoms with Crippen LogP contribution in [-0.2, 0) is 22.5 Å². The van der Waals surface area contributed by atoms with Crippen LogP contribution in [0.3, 0.4) is 0 Å². The first kappa shape index (κ1) is 17.9. The van der Waals surface area contributed by atoms with Crippen LogP contribution >= 0.6 is 0 Å². The first-order valence-corrected chi connectivity index (χ1v) is 8.64. The van der Waals surface area contributed by atoms with Crippen LogP contribution in [0.2, 0.25) is 0 Å². The maximum absolute atomic E-state index is 12.1. The summed E-state index contributed by atoms with van der Waals surface area (Å²) in [6, 6.07) is 0.263. The van der Waals surface area contributed by atoms with E-state index < -0.39 is 0 Å². The van der Waals surface area contributed by atoms with Crippen LogP contribution in [-0.4, -0.2) is 59.5 Å². The van der Waals surface area contributed by atoms with Gasteiger partial charge >= 0.3 is 0 Å². The second-order valence-electron chi connectivity index (χ2n) is 6.28. The molecule has 2 rings (SSSR count). The molecule has 1 N–H and O–H groups in total. The van der Waals surface area contributed by atoms with Crippen molar-refractivity contribution in [2.75, 3.05) is 32.8 Å². The molecule has 0 saturated carbocycles. The lowest BCUT2D eigenvalue weighted by molar-refractivity contribution is -0.122. The lowest BCUT2D eigenvalue weighted by Crippen LogP contribution is -2.44. The van der Waals surface area contributed by atoms with Gasteiger partial charge in [0.1, 0.15) is 0 Å². The van der Waals surface area contributed by atoms with Crippen molar-refractivity contribution in [2.24, 2.45) is 0 Å². The Morgan fingerprint density at radius 1 is 1.35 bits per heavy atom. The Morgan fingerprint density at radius 2 is 2.04 bits per heavy atom. The van der Waals surface area contributed by atoms with Crippen molar-refractivity contribution >= 4 is 5.91 Å². The second-order valence-corrected chi connectivity index (χ2v) is 6.28. The van der Waals surface area contributed by atoms with E-state index in [1.807, 2.05) is 11.6 Å². The second kappa shape index (κ2) is 8.45. The highest BCUT2D eigenvalue weighted by Crippen LogP contribution is 2.13. The van der Waals surface area contributed by atoms with Gasteiger partial charge in [0.05, 0.1) is 25.5 Å². The summed E-state index contributed by atoms with van der Waals surface area (Å²) in [5, 5.41) is 7.57. The minimum Gasteiger partial charge on any atom is -0.379 e. The molecular formula is C17H30N4O2. The topological polar surface area (TPSA) is 59.4 Å². The molecule has 0 unspecified atom stereocenters. The molecule has 1 fully saturated rings. The minimum absolute atomic E-state index is 0.112. The number of nitrogens with one attached hydrogen (secondary N) is 1.